The Labute approximate surface area is 177 Å². The van der Waals surface area contributed by atoms with Gasteiger partial charge in [-0.15, -0.1) is 0 Å². The van der Waals surface area contributed by atoms with Gasteiger partial charge in [-0.3, -0.25) is 14.9 Å². The molecule has 0 saturated carbocycles. The predicted octanol–water partition coefficient (Wildman–Crippen LogP) is 1.38. The minimum absolute atomic E-state index is 0.0712. The lowest BCUT2D eigenvalue weighted by Crippen LogP contribution is -2.42. The van der Waals surface area contributed by atoms with Gasteiger partial charge >= 0.3 is 12.0 Å². The molecule has 0 radical (unpaired) electrons. The highest BCUT2D eigenvalue weighted by Gasteiger charge is 2.33. The lowest BCUT2D eigenvalue weighted by molar-refractivity contribution is -0.153. The van der Waals surface area contributed by atoms with Crippen molar-refractivity contribution in [3.63, 3.8) is 0 Å². The molecular weight excluding hydrogens is 410 g/mol. The van der Waals surface area contributed by atoms with Gasteiger partial charge in [-0.05, 0) is 36.0 Å². The molecule has 2 N–H and O–H groups in total. The lowest BCUT2D eigenvalue weighted by atomic mass is 9.87. The Morgan fingerprint density at radius 3 is 2.17 bits per heavy atom. The molecule has 1 aliphatic rings. The van der Waals surface area contributed by atoms with Crippen LogP contribution in [-0.4, -0.2) is 57.4 Å². The molecular formula is C20H29N3O6S. The van der Waals surface area contributed by atoms with Gasteiger partial charge in [0.1, 0.15) is 0 Å². The smallest absolute Gasteiger partial charge is 0.321 e. The van der Waals surface area contributed by atoms with Crippen molar-refractivity contribution < 1.29 is 27.5 Å². The van der Waals surface area contributed by atoms with Gasteiger partial charge in [-0.1, -0.05) is 32.9 Å². The van der Waals surface area contributed by atoms with Crippen LogP contribution in [0.25, 0.3) is 0 Å². The average molecular weight is 440 g/mol. The Kier molecular flexibility index (Phi) is 7.59. The van der Waals surface area contributed by atoms with Gasteiger partial charge in [-0.25, -0.2) is 13.2 Å². The van der Waals surface area contributed by atoms with Crippen LogP contribution >= 0.6 is 0 Å². The summed E-state index contributed by atoms with van der Waals surface area (Å²) in [5, 5.41) is 4.21. The number of piperidine rings is 1. The van der Waals surface area contributed by atoms with Crippen molar-refractivity contribution in [2.24, 2.45) is 5.92 Å². The number of hydrogen-bond donors (Lipinski definition) is 2. The molecule has 1 heterocycles. The number of urea groups is 1. The summed E-state index contributed by atoms with van der Waals surface area (Å²) in [4.78, 5) is 34.9. The third-order valence-electron chi connectivity index (χ3n) is 4.97. The van der Waals surface area contributed by atoms with Gasteiger partial charge in [0.25, 0.3) is 5.91 Å². The van der Waals surface area contributed by atoms with Crippen LogP contribution in [0.3, 0.4) is 0 Å². The number of rotatable bonds is 5. The second kappa shape index (κ2) is 9.57. The zero-order valence-electron chi connectivity index (χ0n) is 17.7. The summed E-state index contributed by atoms with van der Waals surface area (Å²) in [6.07, 6.45) is 0.602. The van der Waals surface area contributed by atoms with Crippen LogP contribution in [0.15, 0.2) is 29.2 Å². The van der Waals surface area contributed by atoms with E-state index in [4.69, 9.17) is 4.74 Å². The van der Waals surface area contributed by atoms with Gasteiger partial charge in [0.15, 0.2) is 6.61 Å². The largest absolute Gasteiger partial charge is 0.455 e. The Balaban J connectivity index is 1.90. The first-order chi connectivity index (χ1) is 13.9. The fraction of sp³-hybridized carbons (Fsp3) is 0.550. The molecule has 1 aromatic carbocycles. The summed E-state index contributed by atoms with van der Waals surface area (Å²) in [7, 11) is -2.29. The number of carbonyl (C=O) groups is 3. The van der Waals surface area contributed by atoms with Crippen LogP contribution in [0.5, 0.6) is 0 Å². The molecule has 1 aromatic rings. The zero-order valence-corrected chi connectivity index (χ0v) is 18.5. The zero-order chi connectivity index (χ0) is 22.5. The molecule has 3 amide bonds. The van der Waals surface area contributed by atoms with E-state index in [-0.39, 0.29) is 23.4 Å². The van der Waals surface area contributed by atoms with E-state index in [2.05, 4.69) is 26.1 Å². The monoisotopic (exact) mass is 439 g/mol. The van der Waals surface area contributed by atoms with Crippen molar-refractivity contribution in [2.75, 3.05) is 26.7 Å². The van der Waals surface area contributed by atoms with E-state index < -0.39 is 40.5 Å². The van der Waals surface area contributed by atoms with Crippen LogP contribution in [-0.2, 0) is 29.8 Å². The van der Waals surface area contributed by atoms with Gasteiger partial charge < -0.3 is 10.1 Å². The van der Waals surface area contributed by atoms with Crippen molar-refractivity contribution in [1.29, 1.82) is 0 Å². The molecule has 0 bridgehead atoms. The maximum absolute atomic E-state index is 12.9. The number of esters is 1. The van der Waals surface area contributed by atoms with E-state index in [1.54, 1.807) is 12.1 Å². The van der Waals surface area contributed by atoms with Gasteiger partial charge in [0.05, 0.1) is 10.8 Å². The van der Waals surface area contributed by atoms with Crippen LogP contribution < -0.4 is 10.6 Å². The van der Waals surface area contributed by atoms with E-state index in [1.165, 1.54) is 11.4 Å². The summed E-state index contributed by atoms with van der Waals surface area (Å²) >= 11 is 0. The predicted molar refractivity (Wildman–Crippen MR) is 110 cm³/mol. The van der Waals surface area contributed by atoms with Crippen LogP contribution in [0, 0.1) is 5.92 Å². The molecule has 2 rings (SSSR count). The second-order valence-corrected chi connectivity index (χ2v) is 10.1. The Morgan fingerprint density at radius 1 is 1.10 bits per heavy atom. The van der Waals surface area contributed by atoms with Crippen molar-refractivity contribution >= 4 is 27.9 Å². The first kappa shape index (κ1) is 23.8. The first-order valence-electron chi connectivity index (χ1n) is 9.74. The SMILES string of the molecule is CNC(=O)NC(=O)COC(=O)C1CCN(S(=O)(=O)c2ccc(C(C)(C)C)cc2)CC1. The number of nitrogens with one attached hydrogen (secondary N) is 2. The number of sulfonamides is 1. The van der Waals surface area contributed by atoms with Crippen LogP contribution in [0.4, 0.5) is 4.79 Å². The number of ether oxygens (including phenoxy) is 1. The summed E-state index contributed by atoms with van der Waals surface area (Å²) in [6, 6.07) is 6.18. The van der Waals surface area contributed by atoms with E-state index in [0.29, 0.717) is 12.8 Å². The number of nitrogens with zero attached hydrogens (tertiary/aromatic N) is 1. The van der Waals surface area contributed by atoms with Crippen molar-refractivity contribution in [2.45, 2.75) is 43.9 Å². The highest BCUT2D eigenvalue weighted by atomic mass is 32.2. The molecule has 0 aromatic heterocycles. The maximum Gasteiger partial charge on any atom is 0.321 e. The van der Waals surface area contributed by atoms with Gasteiger partial charge in [-0.2, -0.15) is 4.31 Å². The Morgan fingerprint density at radius 2 is 1.67 bits per heavy atom. The number of amides is 3. The molecule has 0 atom stereocenters. The van der Waals surface area contributed by atoms with Crippen LogP contribution in [0.1, 0.15) is 39.2 Å². The highest BCUT2D eigenvalue weighted by molar-refractivity contribution is 7.89. The van der Waals surface area contributed by atoms with E-state index in [9.17, 15) is 22.8 Å². The highest BCUT2D eigenvalue weighted by Crippen LogP contribution is 2.27. The maximum atomic E-state index is 12.9. The quantitative estimate of drug-likeness (QED) is 0.669. The molecule has 0 spiro atoms. The standard InChI is InChI=1S/C20H29N3O6S/c1-20(2,3)15-5-7-16(8-6-15)30(27,28)23-11-9-14(10-12-23)18(25)29-13-17(24)22-19(26)21-4/h5-8,14H,9-13H2,1-4H3,(H2,21,22,24,26). The van der Waals surface area contributed by atoms with Crippen molar-refractivity contribution in [3.8, 4) is 0 Å². The number of benzene rings is 1. The molecule has 9 nitrogen and oxygen atoms in total. The molecule has 1 fully saturated rings. The minimum atomic E-state index is -3.64. The fourth-order valence-electron chi connectivity index (χ4n) is 3.09. The molecule has 10 heteroatoms. The van der Waals surface area contributed by atoms with Gasteiger partial charge in [0, 0.05) is 20.1 Å². The summed E-state index contributed by atoms with van der Waals surface area (Å²) < 4.78 is 32.1. The molecule has 0 aliphatic carbocycles. The molecule has 166 valence electrons. The second-order valence-electron chi connectivity index (χ2n) is 8.19. The van der Waals surface area contributed by atoms with Gasteiger partial charge in [0.2, 0.25) is 10.0 Å². The van der Waals surface area contributed by atoms with Crippen molar-refractivity contribution in [1.82, 2.24) is 14.9 Å². The molecule has 0 unspecified atom stereocenters. The first-order valence-corrected chi connectivity index (χ1v) is 11.2. The normalized spacial score (nSPS) is 16.0. The van der Waals surface area contributed by atoms with E-state index >= 15 is 0 Å². The lowest BCUT2D eigenvalue weighted by Gasteiger charge is -2.30. The minimum Gasteiger partial charge on any atom is -0.455 e. The summed E-state index contributed by atoms with van der Waals surface area (Å²) in [5.41, 5.74) is 0.974. The third kappa shape index (κ3) is 6.02. The van der Waals surface area contributed by atoms with E-state index in [1.807, 2.05) is 17.4 Å². The average Bonchev–Trinajstić information content (AvgIpc) is 2.71. The topological polar surface area (TPSA) is 122 Å². The number of carbonyl (C=O) groups excluding carboxylic acids is 3. The van der Waals surface area contributed by atoms with E-state index in [0.717, 1.165) is 5.56 Å². The molecule has 1 aliphatic heterocycles. The summed E-state index contributed by atoms with van der Waals surface area (Å²) in [5.74, 6) is -1.80. The molecule has 30 heavy (non-hydrogen) atoms. The molecule has 1 saturated heterocycles. The van der Waals surface area contributed by atoms with Crippen molar-refractivity contribution in [3.05, 3.63) is 29.8 Å². The summed E-state index contributed by atoms with van der Waals surface area (Å²) in [6.45, 7) is 5.99. The third-order valence-corrected chi connectivity index (χ3v) is 6.88. The fourth-order valence-corrected chi connectivity index (χ4v) is 4.56. The Bertz CT molecular complexity index is 882. The number of hydrogen-bond acceptors (Lipinski definition) is 6. The number of imide groups is 1. The Hall–Kier alpha value is -2.46. The van der Waals surface area contributed by atoms with Crippen LogP contribution in [0.2, 0.25) is 0 Å².